The van der Waals surface area contributed by atoms with Crippen LogP contribution in [0.5, 0.6) is 0 Å². The van der Waals surface area contributed by atoms with Gasteiger partial charge in [-0.15, -0.1) is 0 Å². The van der Waals surface area contributed by atoms with Gasteiger partial charge < -0.3 is 25.6 Å². The number of alkyl halides is 1. The highest BCUT2D eigenvalue weighted by Crippen LogP contribution is 2.37. The number of hydrogen-bond acceptors (Lipinski definition) is 9. The molecule has 2 aromatic heterocycles. The molecule has 0 aromatic carbocycles. The average Bonchev–Trinajstić information content (AvgIpc) is 3.25. The summed E-state index contributed by atoms with van der Waals surface area (Å²) in [5, 5.41) is 3.33. The van der Waals surface area contributed by atoms with Gasteiger partial charge >= 0.3 is 0 Å². The SMILES string of the molecule is COC1Nc2cccnc2N1C1CCN(C(=O)C2(F)CCN(Cc3cnc(N)nc3)CC2)CC1. The van der Waals surface area contributed by atoms with Crippen LogP contribution in [-0.4, -0.2) is 82.0 Å². The second-order valence-electron chi connectivity index (χ2n) is 9.23. The molecule has 0 spiro atoms. The van der Waals surface area contributed by atoms with Crippen LogP contribution in [0.3, 0.4) is 0 Å². The first-order chi connectivity index (χ1) is 16.5. The van der Waals surface area contributed by atoms with E-state index in [1.54, 1.807) is 30.6 Å². The minimum absolute atomic E-state index is 0.164. The first-order valence-electron chi connectivity index (χ1n) is 11.8. The lowest BCUT2D eigenvalue weighted by Crippen LogP contribution is -2.56. The van der Waals surface area contributed by atoms with Gasteiger partial charge in [-0.3, -0.25) is 9.69 Å². The first-order valence-corrected chi connectivity index (χ1v) is 11.8. The minimum atomic E-state index is -1.81. The third-order valence-electron chi connectivity index (χ3n) is 7.09. The van der Waals surface area contributed by atoms with Gasteiger partial charge in [0.2, 0.25) is 12.3 Å². The first kappa shape index (κ1) is 22.7. The van der Waals surface area contributed by atoms with Crippen LogP contribution in [-0.2, 0) is 16.1 Å². The molecule has 3 N–H and O–H groups in total. The molecule has 11 heteroatoms. The highest BCUT2D eigenvalue weighted by Gasteiger charge is 2.45. The maximum Gasteiger partial charge on any atom is 0.260 e. The van der Waals surface area contributed by atoms with Gasteiger partial charge in [-0.1, -0.05) is 0 Å². The normalized spacial score (nSPS) is 22.9. The molecule has 2 aromatic rings. The van der Waals surface area contributed by atoms with Crippen molar-refractivity contribution in [2.24, 2.45) is 0 Å². The van der Waals surface area contributed by atoms with Crippen LogP contribution >= 0.6 is 0 Å². The predicted octanol–water partition coefficient (Wildman–Crippen LogP) is 1.61. The van der Waals surface area contributed by atoms with Crippen LogP contribution in [0.1, 0.15) is 31.2 Å². The largest absolute Gasteiger partial charge is 0.368 e. The van der Waals surface area contributed by atoms with E-state index in [0.29, 0.717) is 32.7 Å². The molecule has 1 amide bonds. The summed E-state index contributed by atoms with van der Waals surface area (Å²) in [6.45, 7) is 2.70. The third-order valence-corrected chi connectivity index (χ3v) is 7.09. The number of aromatic nitrogens is 3. The number of carbonyl (C=O) groups is 1. The number of nitrogens with zero attached hydrogens (tertiary/aromatic N) is 6. The van der Waals surface area contributed by atoms with Crippen molar-refractivity contribution >= 4 is 23.4 Å². The van der Waals surface area contributed by atoms with Crippen molar-refractivity contribution in [3.8, 4) is 0 Å². The van der Waals surface area contributed by atoms with E-state index in [0.717, 1.165) is 29.9 Å². The molecule has 2 fully saturated rings. The average molecular weight is 471 g/mol. The highest BCUT2D eigenvalue weighted by molar-refractivity contribution is 5.85. The molecule has 0 radical (unpaired) electrons. The summed E-state index contributed by atoms with van der Waals surface area (Å²) < 4.78 is 21.3. The van der Waals surface area contributed by atoms with E-state index in [9.17, 15) is 4.79 Å². The molecule has 10 nitrogen and oxygen atoms in total. The number of methoxy groups -OCH3 is 1. The Morgan fingerprint density at radius 1 is 1.21 bits per heavy atom. The zero-order valence-electron chi connectivity index (χ0n) is 19.4. The van der Waals surface area contributed by atoms with Crippen LogP contribution < -0.4 is 16.0 Å². The third kappa shape index (κ3) is 4.37. The summed E-state index contributed by atoms with van der Waals surface area (Å²) in [4.78, 5) is 31.7. The summed E-state index contributed by atoms with van der Waals surface area (Å²) >= 11 is 0. The molecule has 2 saturated heterocycles. The predicted molar refractivity (Wildman–Crippen MR) is 126 cm³/mol. The van der Waals surface area contributed by atoms with Gasteiger partial charge in [0.05, 0.1) is 5.69 Å². The van der Waals surface area contributed by atoms with Gasteiger partial charge in [-0.2, -0.15) is 0 Å². The quantitative estimate of drug-likeness (QED) is 0.673. The number of pyridine rings is 1. The van der Waals surface area contributed by atoms with E-state index in [4.69, 9.17) is 10.5 Å². The second-order valence-corrected chi connectivity index (χ2v) is 9.23. The molecule has 0 bridgehead atoms. The Labute approximate surface area is 198 Å². The van der Waals surface area contributed by atoms with Crippen molar-refractivity contribution in [1.82, 2.24) is 24.8 Å². The zero-order chi connectivity index (χ0) is 23.7. The van der Waals surface area contributed by atoms with Gasteiger partial charge in [-0.25, -0.2) is 19.3 Å². The Morgan fingerprint density at radius 3 is 2.59 bits per heavy atom. The number of piperidine rings is 2. The smallest absolute Gasteiger partial charge is 0.260 e. The molecule has 5 heterocycles. The lowest BCUT2D eigenvalue weighted by Gasteiger charge is -2.42. The van der Waals surface area contributed by atoms with E-state index in [1.165, 1.54) is 0 Å². The number of fused-ring (bicyclic) bond motifs is 1. The number of hydrogen-bond donors (Lipinski definition) is 2. The summed E-state index contributed by atoms with van der Waals surface area (Å²) in [6, 6.07) is 4.03. The van der Waals surface area contributed by atoms with E-state index in [2.05, 4.69) is 30.1 Å². The number of nitrogen functional groups attached to an aromatic ring is 1. The molecule has 3 aliphatic heterocycles. The van der Waals surface area contributed by atoms with Crippen LogP contribution in [0.2, 0.25) is 0 Å². The lowest BCUT2D eigenvalue weighted by molar-refractivity contribution is -0.148. The fourth-order valence-electron chi connectivity index (χ4n) is 5.18. The summed E-state index contributed by atoms with van der Waals surface area (Å²) in [7, 11) is 1.66. The maximum atomic E-state index is 15.7. The molecule has 34 heavy (non-hydrogen) atoms. The van der Waals surface area contributed by atoms with Crippen molar-refractivity contribution in [3.05, 3.63) is 36.3 Å². The molecule has 5 rings (SSSR count). The van der Waals surface area contributed by atoms with E-state index >= 15 is 4.39 Å². The zero-order valence-corrected chi connectivity index (χ0v) is 19.4. The molecule has 0 aliphatic carbocycles. The van der Waals surface area contributed by atoms with Gasteiger partial charge in [0.15, 0.2) is 11.5 Å². The number of nitrogens with one attached hydrogen (secondary N) is 1. The summed E-state index contributed by atoms with van der Waals surface area (Å²) in [5.41, 5.74) is 5.59. The number of likely N-dealkylation sites (tertiary alicyclic amines) is 2. The van der Waals surface area contributed by atoms with Crippen LogP contribution in [0.25, 0.3) is 0 Å². The van der Waals surface area contributed by atoms with Crippen molar-refractivity contribution in [2.75, 3.05) is 49.2 Å². The van der Waals surface area contributed by atoms with Crippen molar-refractivity contribution < 1.29 is 13.9 Å². The maximum absolute atomic E-state index is 15.7. The Morgan fingerprint density at radius 2 is 1.91 bits per heavy atom. The van der Waals surface area contributed by atoms with Crippen molar-refractivity contribution in [1.29, 1.82) is 0 Å². The second kappa shape index (κ2) is 9.30. The number of halogens is 1. The van der Waals surface area contributed by atoms with E-state index in [-0.39, 0.29) is 37.1 Å². The molecule has 1 unspecified atom stereocenters. The molecule has 182 valence electrons. The molecular formula is C23H31FN8O2. The Hall–Kier alpha value is -3.05. The molecular weight excluding hydrogens is 439 g/mol. The molecule has 0 saturated carbocycles. The fraction of sp³-hybridized carbons (Fsp3) is 0.565. The van der Waals surface area contributed by atoms with Gasteiger partial charge in [0.1, 0.15) is 0 Å². The molecule has 1 atom stereocenters. The monoisotopic (exact) mass is 470 g/mol. The summed E-state index contributed by atoms with van der Waals surface area (Å²) in [6.07, 6.45) is 6.72. The standard InChI is InChI=1S/C23H31FN8O2/c1-34-22-29-18-3-2-8-26-19(18)32(22)17-4-9-31(10-5-17)20(33)23(24)6-11-30(12-7-23)15-16-13-27-21(25)28-14-16/h2-3,8,13-14,17,22,29H,4-7,9-12,15H2,1H3,(H2,25,27,28). The lowest BCUT2D eigenvalue weighted by atomic mass is 9.90. The number of carbonyl (C=O) groups excluding carboxylic acids is 1. The summed E-state index contributed by atoms with van der Waals surface area (Å²) in [5.74, 6) is 0.724. The van der Waals surface area contributed by atoms with Crippen molar-refractivity contribution in [3.63, 3.8) is 0 Å². The van der Waals surface area contributed by atoms with Crippen LogP contribution in [0.4, 0.5) is 21.8 Å². The van der Waals surface area contributed by atoms with Crippen LogP contribution in [0.15, 0.2) is 30.7 Å². The number of amides is 1. The van der Waals surface area contributed by atoms with E-state index < -0.39 is 5.67 Å². The van der Waals surface area contributed by atoms with Gasteiger partial charge in [0.25, 0.3) is 5.91 Å². The number of ether oxygens (including phenoxy) is 1. The minimum Gasteiger partial charge on any atom is -0.368 e. The van der Waals surface area contributed by atoms with Crippen LogP contribution in [0, 0.1) is 0 Å². The number of nitrogens with two attached hydrogens (primary N) is 1. The molecule has 3 aliphatic rings. The Kier molecular flexibility index (Phi) is 6.22. The van der Waals surface area contributed by atoms with Gasteiger partial charge in [-0.05, 0) is 25.0 Å². The fourth-order valence-corrected chi connectivity index (χ4v) is 5.18. The number of anilines is 3. The number of rotatable bonds is 5. The van der Waals surface area contributed by atoms with Gasteiger partial charge in [0, 0.05) is 82.9 Å². The Balaban J connectivity index is 1.16. The highest BCUT2D eigenvalue weighted by atomic mass is 19.1. The Bertz CT molecular complexity index is 1010. The van der Waals surface area contributed by atoms with Crippen molar-refractivity contribution in [2.45, 2.75) is 50.3 Å². The topological polar surface area (TPSA) is 113 Å². The van der Waals surface area contributed by atoms with E-state index in [1.807, 2.05) is 12.1 Å².